The summed E-state index contributed by atoms with van der Waals surface area (Å²) in [5.41, 5.74) is 1.19. The van der Waals surface area contributed by atoms with Gasteiger partial charge in [0, 0.05) is 27.5 Å². The van der Waals surface area contributed by atoms with Crippen molar-refractivity contribution in [2.75, 3.05) is 13.2 Å². The summed E-state index contributed by atoms with van der Waals surface area (Å²) >= 11 is 0. The molecule has 2 aromatic rings. The van der Waals surface area contributed by atoms with E-state index >= 15 is 0 Å². The summed E-state index contributed by atoms with van der Waals surface area (Å²) in [5.74, 6) is -0.308. The van der Waals surface area contributed by atoms with Crippen LogP contribution in [0.3, 0.4) is 0 Å². The molecule has 47 heavy (non-hydrogen) atoms. The zero-order chi connectivity index (χ0) is 35.7. The molecule has 0 saturated carbocycles. The summed E-state index contributed by atoms with van der Waals surface area (Å²) < 4.78 is 19.9. The first-order valence-corrected chi connectivity index (χ1v) is 23.7. The van der Waals surface area contributed by atoms with E-state index in [1.165, 1.54) is 5.56 Å². The Morgan fingerprint density at radius 3 is 2.13 bits per heavy atom. The highest BCUT2D eigenvalue weighted by atomic mass is 28.4. The number of nitrogens with zero attached hydrogens (tertiary/aromatic N) is 2. The van der Waals surface area contributed by atoms with E-state index in [9.17, 15) is 9.59 Å². The molecule has 0 aliphatic carbocycles. The largest absolute Gasteiger partial charge is 0.444 e. The van der Waals surface area contributed by atoms with Crippen molar-refractivity contribution in [3.8, 4) is 0 Å². The molecule has 1 aromatic heterocycles. The van der Waals surface area contributed by atoms with Gasteiger partial charge in [0.05, 0.1) is 11.7 Å². The van der Waals surface area contributed by atoms with Crippen molar-refractivity contribution in [1.82, 2.24) is 20.4 Å². The Hall–Kier alpha value is -2.48. The van der Waals surface area contributed by atoms with Gasteiger partial charge in [-0.15, -0.1) is 0 Å². The molecule has 266 valence electrons. The number of carbonyl (C=O) groups is 2. The fourth-order valence-corrected chi connectivity index (χ4v) is 6.39. The number of rotatable bonds is 17. The highest BCUT2D eigenvalue weighted by Gasteiger charge is 2.37. The van der Waals surface area contributed by atoms with E-state index in [1.807, 2.05) is 29.1 Å². The molecule has 0 radical (unpaired) electrons. The Balaban J connectivity index is 2.37. The molecule has 1 unspecified atom stereocenters. The van der Waals surface area contributed by atoms with Gasteiger partial charge in [-0.05, 0) is 95.6 Å². The third-order valence-electron chi connectivity index (χ3n) is 8.55. The lowest BCUT2D eigenvalue weighted by Gasteiger charge is -2.36. The quantitative estimate of drug-likeness (QED) is 0.128. The van der Waals surface area contributed by atoms with E-state index in [2.05, 4.69) is 76.3 Å². The van der Waals surface area contributed by atoms with Gasteiger partial charge >= 0.3 is 6.09 Å². The van der Waals surface area contributed by atoms with E-state index in [0.717, 1.165) is 30.1 Å². The fourth-order valence-electron chi connectivity index (χ4n) is 4.59. The lowest BCUT2D eigenvalue weighted by Crippen LogP contribution is -2.56. The summed E-state index contributed by atoms with van der Waals surface area (Å²) in [4.78, 5) is 26.4. The predicted molar refractivity (Wildman–Crippen MR) is 197 cm³/mol. The minimum Gasteiger partial charge on any atom is -0.444 e. The molecule has 1 heterocycles. The van der Waals surface area contributed by atoms with Gasteiger partial charge in [-0.3, -0.25) is 4.79 Å². The molecular weight excluding hydrogens is 625 g/mol. The van der Waals surface area contributed by atoms with Crippen LogP contribution in [0.4, 0.5) is 4.79 Å². The number of hydrogen-bond donors (Lipinski definition) is 2. The second kappa shape index (κ2) is 16.8. The van der Waals surface area contributed by atoms with Crippen LogP contribution < -0.4 is 10.6 Å². The van der Waals surface area contributed by atoms with Crippen LogP contribution in [0.5, 0.6) is 0 Å². The zero-order valence-electron chi connectivity index (χ0n) is 31.6. The monoisotopic (exact) mass is 688 g/mol. The molecule has 11 heteroatoms. The number of benzene rings is 1. The van der Waals surface area contributed by atoms with Crippen molar-refractivity contribution >= 4 is 28.4 Å². The normalized spacial score (nSPS) is 13.7. The summed E-state index contributed by atoms with van der Waals surface area (Å²) in [5, 5.41) is 11.1. The predicted octanol–water partition coefficient (Wildman–Crippen LogP) is 8.24. The summed E-state index contributed by atoms with van der Waals surface area (Å²) in [6.07, 6.45) is 4.46. The second-order valence-corrected chi connectivity index (χ2v) is 27.4. The number of nitrogens with one attached hydrogen (secondary N) is 2. The maximum atomic E-state index is 13.8. The Kier molecular flexibility index (Phi) is 14.5. The summed E-state index contributed by atoms with van der Waals surface area (Å²) in [6.45, 7) is 28.6. The smallest absolute Gasteiger partial charge is 0.408 e. The second-order valence-electron chi connectivity index (χ2n) is 16.9. The molecule has 0 aliphatic heterocycles. The number of aryl methyl sites for hydroxylation is 1. The van der Waals surface area contributed by atoms with Crippen LogP contribution >= 0.6 is 0 Å². The van der Waals surface area contributed by atoms with Gasteiger partial charge < -0.3 is 24.5 Å². The van der Waals surface area contributed by atoms with E-state index < -0.39 is 33.6 Å². The highest BCUT2D eigenvalue weighted by molar-refractivity contribution is 6.76. The number of hydrogen-bond acceptors (Lipinski definition) is 6. The van der Waals surface area contributed by atoms with Crippen LogP contribution in [0.2, 0.25) is 43.8 Å². The average molecular weight is 689 g/mol. The minimum atomic E-state index is -1.95. The van der Waals surface area contributed by atoms with Crippen LogP contribution in [0.15, 0.2) is 36.5 Å². The van der Waals surface area contributed by atoms with Crippen molar-refractivity contribution in [1.29, 1.82) is 0 Å². The van der Waals surface area contributed by atoms with Crippen molar-refractivity contribution in [3.05, 3.63) is 53.3 Å². The van der Waals surface area contributed by atoms with Gasteiger partial charge in [0.25, 0.3) is 0 Å². The Bertz CT molecular complexity index is 1280. The van der Waals surface area contributed by atoms with Crippen molar-refractivity contribution in [2.45, 2.75) is 149 Å². The number of aromatic nitrogens is 2. The van der Waals surface area contributed by atoms with Crippen LogP contribution in [0.25, 0.3) is 0 Å². The first-order chi connectivity index (χ1) is 21.5. The number of carbonyl (C=O) groups excluding carboxylic acids is 2. The molecule has 0 spiro atoms. The van der Waals surface area contributed by atoms with E-state index in [0.29, 0.717) is 32.8 Å². The summed E-state index contributed by atoms with van der Waals surface area (Å²) in [6, 6.07) is 11.1. The standard InChI is InChI=1S/C36H64N4O5Si2/c1-34(2,3)45-33(42)38-36(7,8)32(41)37-30(21-17-20-28-18-15-14-16-19-28)31-29(22-23-44-47(12,13)35(4,5)6)26-40(39-31)27-43-24-25-46(9,10)11/h14-16,18-19,26,30H,17,20-25,27H2,1-13H3,(H,37,41)(H,38,42). The number of ether oxygens (including phenoxy) is 2. The fraction of sp³-hybridized carbons (Fsp3) is 0.694. The molecular formula is C36H64N4O5Si2. The lowest BCUT2D eigenvalue weighted by molar-refractivity contribution is -0.127. The van der Waals surface area contributed by atoms with E-state index in [-0.39, 0.29) is 17.0 Å². The molecule has 0 bridgehead atoms. The van der Waals surface area contributed by atoms with Crippen molar-refractivity contribution in [2.24, 2.45) is 0 Å². The van der Waals surface area contributed by atoms with Crippen molar-refractivity contribution in [3.63, 3.8) is 0 Å². The molecule has 1 atom stereocenters. The molecule has 0 aliphatic rings. The van der Waals surface area contributed by atoms with Gasteiger partial charge in [0.15, 0.2) is 8.32 Å². The van der Waals surface area contributed by atoms with Crippen LogP contribution in [0, 0.1) is 0 Å². The van der Waals surface area contributed by atoms with E-state index in [1.54, 1.807) is 34.6 Å². The van der Waals surface area contributed by atoms with Crippen LogP contribution in [0.1, 0.15) is 91.1 Å². The molecule has 0 fully saturated rings. The topological polar surface area (TPSA) is 104 Å². The first kappa shape index (κ1) is 40.7. The first-order valence-electron chi connectivity index (χ1n) is 17.1. The van der Waals surface area contributed by atoms with Crippen molar-refractivity contribution < 1.29 is 23.5 Å². The zero-order valence-corrected chi connectivity index (χ0v) is 33.6. The van der Waals surface area contributed by atoms with Crippen LogP contribution in [-0.2, 0) is 38.3 Å². The maximum Gasteiger partial charge on any atom is 0.408 e. The third kappa shape index (κ3) is 14.7. The number of alkyl carbamates (subject to hydrolysis) is 1. The minimum absolute atomic E-state index is 0.102. The molecule has 2 N–H and O–H groups in total. The molecule has 9 nitrogen and oxygen atoms in total. The van der Waals surface area contributed by atoms with Gasteiger partial charge in [-0.1, -0.05) is 70.7 Å². The van der Waals surface area contributed by atoms with Crippen LogP contribution in [-0.4, -0.2) is 62.5 Å². The van der Waals surface area contributed by atoms with Gasteiger partial charge in [-0.25, -0.2) is 9.48 Å². The van der Waals surface area contributed by atoms with Gasteiger partial charge in [0.1, 0.15) is 17.9 Å². The SMILES string of the molecule is CC(C)(C)OC(=O)NC(C)(C)C(=O)NC(CCCc1ccccc1)c1nn(COCC[Si](C)(C)C)cc1CCO[Si](C)(C)C(C)(C)C. The van der Waals surface area contributed by atoms with Gasteiger partial charge in [-0.2, -0.15) is 5.10 Å². The molecule has 2 rings (SSSR count). The Labute approximate surface area is 287 Å². The van der Waals surface area contributed by atoms with Gasteiger partial charge in [0.2, 0.25) is 5.91 Å². The molecule has 1 aromatic carbocycles. The third-order valence-corrected chi connectivity index (χ3v) is 14.8. The molecule has 0 saturated heterocycles. The maximum absolute atomic E-state index is 13.8. The lowest BCUT2D eigenvalue weighted by atomic mass is 9.97. The molecule has 2 amide bonds. The Morgan fingerprint density at radius 2 is 1.55 bits per heavy atom. The average Bonchev–Trinajstić information content (AvgIpc) is 3.31. The highest BCUT2D eigenvalue weighted by Crippen LogP contribution is 2.36. The van der Waals surface area contributed by atoms with E-state index in [4.69, 9.17) is 19.0 Å². The Morgan fingerprint density at radius 1 is 0.915 bits per heavy atom. The summed E-state index contributed by atoms with van der Waals surface area (Å²) in [7, 11) is -3.18. The number of amides is 2.